The van der Waals surface area contributed by atoms with E-state index in [9.17, 15) is 4.39 Å². The lowest BCUT2D eigenvalue weighted by Crippen LogP contribution is -1.97. The lowest BCUT2D eigenvalue weighted by Gasteiger charge is -2.07. The van der Waals surface area contributed by atoms with E-state index in [0.717, 1.165) is 0 Å². The average Bonchev–Trinajstić information content (AvgIpc) is 3.09. The first kappa shape index (κ1) is 15.8. The fourth-order valence-corrected chi connectivity index (χ4v) is 2.11. The van der Waals surface area contributed by atoms with E-state index in [4.69, 9.17) is 18.7 Å². The zero-order chi connectivity index (χ0) is 16.9. The van der Waals surface area contributed by atoms with Crippen LogP contribution < -0.4 is 14.2 Å². The summed E-state index contributed by atoms with van der Waals surface area (Å²) in [5.41, 5.74) is 0.702. The molecule has 6 nitrogen and oxygen atoms in total. The Kier molecular flexibility index (Phi) is 4.60. The van der Waals surface area contributed by atoms with Crippen molar-refractivity contribution in [1.82, 2.24) is 10.1 Å². The van der Waals surface area contributed by atoms with Gasteiger partial charge < -0.3 is 18.7 Å². The number of ether oxygens (including phenoxy) is 3. The van der Waals surface area contributed by atoms with Crippen molar-refractivity contribution >= 4 is 0 Å². The van der Waals surface area contributed by atoms with Gasteiger partial charge in [0, 0.05) is 5.56 Å². The molecule has 0 saturated carbocycles. The predicted octanol–water partition coefficient (Wildman–Crippen LogP) is 3.47. The highest BCUT2D eigenvalue weighted by Crippen LogP contribution is 2.31. The molecule has 0 N–H and O–H groups in total. The van der Waals surface area contributed by atoms with Gasteiger partial charge in [-0.1, -0.05) is 17.3 Å². The Hall–Kier alpha value is -3.09. The number of halogens is 1. The maximum atomic E-state index is 13.5. The molecule has 0 atom stereocenters. The van der Waals surface area contributed by atoms with Crippen LogP contribution in [-0.2, 0) is 6.61 Å². The molecule has 24 heavy (non-hydrogen) atoms. The summed E-state index contributed by atoms with van der Waals surface area (Å²) in [6.45, 7) is -0.0266. The maximum Gasteiger partial charge on any atom is 0.264 e. The van der Waals surface area contributed by atoms with Gasteiger partial charge in [0.15, 0.2) is 29.7 Å². The fraction of sp³-hybridized carbons (Fsp3) is 0.176. The summed E-state index contributed by atoms with van der Waals surface area (Å²) in [7, 11) is 3.11. The Bertz CT molecular complexity index is 835. The fourth-order valence-electron chi connectivity index (χ4n) is 2.11. The molecular weight excluding hydrogens is 315 g/mol. The highest BCUT2D eigenvalue weighted by Gasteiger charge is 2.13. The Morgan fingerprint density at radius 1 is 1.00 bits per heavy atom. The third kappa shape index (κ3) is 3.29. The second kappa shape index (κ2) is 6.99. The van der Waals surface area contributed by atoms with Gasteiger partial charge in [-0.05, 0) is 30.3 Å². The molecule has 3 aromatic rings. The molecule has 1 heterocycles. The van der Waals surface area contributed by atoms with E-state index in [2.05, 4.69) is 10.1 Å². The SMILES string of the molecule is COc1ccc(-c2noc(COc3ccccc3F)n2)cc1OC. The van der Waals surface area contributed by atoms with Crippen LogP contribution in [0.15, 0.2) is 47.0 Å². The largest absolute Gasteiger partial charge is 0.493 e. The zero-order valence-corrected chi connectivity index (χ0v) is 13.2. The van der Waals surface area contributed by atoms with Gasteiger partial charge in [0.1, 0.15) is 0 Å². The van der Waals surface area contributed by atoms with Crippen LogP contribution in [-0.4, -0.2) is 24.4 Å². The lowest BCUT2D eigenvalue weighted by atomic mass is 10.2. The number of aromatic nitrogens is 2. The molecule has 0 bridgehead atoms. The summed E-state index contributed by atoms with van der Waals surface area (Å²) < 4.78 is 34.4. The van der Waals surface area contributed by atoms with E-state index in [0.29, 0.717) is 22.9 Å². The smallest absolute Gasteiger partial charge is 0.264 e. The molecule has 0 amide bonds. The van der Waals surface area contributed by atoms with Gasteiger partial charge >= 0.3 is 0 Å². The number of hydrogen-bond donors (Lipinski definition) is 0. The molecule has 1 aromatic heterocycles. The highest BCUT2D eigenvalue weighted by atomic mass is 19.1. The van der Waals surface area contributed by atoms with Gasteiger partial charge in [-0.3, -0.25) is 0 Å². The van der Waals surface area contributed by atoms with Crippen LogP contribution in [0, 0.1) is 5.82 Å². The summed E-state index contributed by atoms with van der Waals surface area (Å²) in [5, 5.41) is 3.90. The first-order valence-electron chi connectivity index (χ1n) is 7.13. The van der Waals surface area contributed by atoms with Crippen molar-refractivity contribution in [2.75, 3.05) is 14.2 Å². The minimum absolute atomic E-state index is 0.0266. The second-order valence-electron chi connectivity index (χ2n) is 4.80. The van der Waals surface area contributed by atoms with Crippen LogP contribution in [0.25, 0.3) is 11.4 Å². The summed E-state index contributed by atoms with van der Waals surface area (Å²) >= 11 is 0. The topological polar surface area (TPSA) is 66.6 Å². The molecule has 3 rings (SSSR count). The molecule has 7 heteroatoms. The van der Waals surface area contributed by atoms with Crippen molar-refractivity contribution in [2.45, 2.75) is 6.61 Å². The quantitative estimate of drug-likeness (QED) is 0.689. The summed E-state index contributed by atoms with van der Waals surface area (Å²) in [5.74, 6) is 1.46. The molecule has 0 saturated heterocycles. The minimum Gasteiger partial charge on any atom is -0.493 e. The Morgan fingerprint density at radius 3 is 2.54 bits per heavy atom. The first-order chi connectivity index (χ1) is 11.7. The molecule has 0 aliphatic heterocycles. The van der Waals surface area contributed by atoms with Crippen LogP contribution in [0.4, 0.5) is 4.39 Å². The van der Waals surface area contributed by atoms with Crippen LogP contribution in [0.1, 0.15) is 5.89 Å². The zero-order valence-electron chi connectivity index (χ0n) is 13.2. The van der Waals surface area contributed by atoms with Crippen LogP contribution in [0.2, 0.25) is 0 Å². The van der Waals surface area contributed by atoms with Gasteiger partial charge in [-0.15, -0.1) is 0 Å². The predicted molar refractivity (Wildman–Crippen MR) is 83.6 cm³/mol. The van der Waals surface area contributed by atoms with E-state index in [-0.39, 0.29) is 18.2 Å². The third-order valence-corrected chi connectivity index (χ3v) is 3.30. The van der Waals surface area contributed by atoms with Crippen LogP contribution in [0.3, 0.4) is 0 Å². The monoisotopic (exact) mass is 330 g/mol. The maximum absolute atomic E-state index is 13.5. The van der Waals surface area contributed by atoms with Crippen molar-refractivity contribution in [3.05, 3.63) is 54.2 Å². The van der Waals surface area contributed by atoms with E-state index < -0.39 is 5.82 Å². The molecule has 0 spiro atoms. The Morgan fingerprint density at radius 2 is 1.79 bits per heavy atom. The minimum atomic E-state index is -0.447. The number of nitrogens with zero attached hydrogens (tertiary/aromatic N) is 2. The normalized spacial score (nSPS) is 10.5. The van der Waals surface area contributed by atoms with E-state index in [1.54, 1.807) is 44.6 Å². The van der Waals surface area contributed by atoms with E-state index in [1.807, 2.05) is 0 Å². The summed E-state index contributed by atoms with van der Waals surface area (Å²) in [6, 6.07) is 11.4. The van der Waals surface area contributed by atoms with Gasteiger partial charge in [0.25, 0.3) is 5.89 Å². The lowest BCUT2D eigenvalue weighted by molar-refractivity contribution is 0.234. The third-order valence-electron chi connectivity index (χ3n) is 3.30. The van der Waals surface area contributed by atoms with Crippen molar-refractivity contribution in [3.63, 3.8) is 0 Å². The highest BCUT2D eigenvalue weighted by molar-refractivity contribution is 5.60. The van der Waals surface area contributed by atoms with Crippen LogP contribution >= 0.6 is 0 Å². The Balaban J connectivity index is 1.75. The molecule has 0 fully saturated rings. The van der Waals surface area contributed by atoms with Crippen molar-refractivity contribution in [3.8, 4) is 28.6 Å². The summed E-state index contributed by atoms with van der Waals surface area (Å²) in [4.78, 5) is 4.23. The van der Waals surface area contributed by atoms with Gasteiger partial charge in [-0.2, -0.15) is 4.98 Å². The second-order valence-corrected chi connectivity index (χ2v) is 4.80. The Labute approximate surface area is 137 Å². The molecule has 2 aromatic carbocycles. The number of hydrogen-bond acceptors (Lipinski definition) is 6. The van der Waals surface area contributed by atoms with Gasteiger partial charge in [0.05, 0.1) is 14.2 Å². The number of benzene rings is 2. The molecule has 0 aliphatic carbocycles. The number of methoxy groups -OCH3 is 2. The summed E-state index contributed by atoms with van der Waals surface area (Å²) in [6.07, 6.45) is 0. The van der Waals surface area contributed by atoms with Crippen LogP contribution in [0.5, 0.6) is 17.2 Å². The standard InChI is InChI=1S/C17H15FN2O4/c1-21-14-8-7-11(9-15(14)22-2)17-19-16(24-20-17)10-23-13-6-4-3-5-12(13)18/h3-9H,10H2,1-2H3. The molecule has 124 valence electrons. The molecular formula is C17H15FN2O4. The van der Waals surface area contributed by atoms with Gasteiger partial charge in [-0.25, -0.2) is 4.39 Å². The van der Waals surface area contributed by atoms with E-state index >= 15 is 0 Å². The number of rotatable bonds is 6. The van der Waals surface area contributed by atoms with E-state index in [1.165, 1.54) is 12.1 Å². The molecule has 0 unspecified atom stereocenters. The average molecular weight is 330 g/mol. The molecule has 0 aliphatic rings. The molecule has 0 radical (unpaired) electrons. The van der Waals surface area contributed by atoms with Crippen molar-refractivity contribution in [1.29, 1.82) is 0 Å². The van der Waals surface area contributed by atoms with Crippen molar-refractivity contribution in [2.24, 2.45) is 0 Å². The van der Waals surface area contributed by atoms with Crippen molar-refractivity contribution < 1.29 is 23.1 Å². The van der Waals surface area contributed by atoms with Gasteiger partial charge in [0.2, 0.25) is 5.82 Å². The first-order valence-corrected chi connectivity index (χ1v) is 7.13. The number of para-hydroxylation sites is 1.